The van der Waals surface area contributed by atoms with E-state index in [1.807, 2.05) is 73.6 Å². The van der Waals surface area contributed by atoms with Crippen LogP contribution in [0.3, 0.4) is 0 Å². The molecule has 0 fully saturated rings. The molecule has 7 heteroatoms. The Kier molecular flexibility index (Phi) is 7.94. The lowest BCUT2D eigenvalue weighted by molar-refractivity contribution is 0.0681. The van der Waals surface area contributed by atoms with E-state index in [9.17, 15) is 14.7 Å². The van der Waals surface area contributed by atoms with E-state index in [0.29, 0.717) is 43.5 Å². The molecule has 0 amide bonds. The predicted octanol–water partition coefficient (Wildman–Crippen LogP) is 5.13. The van der Waals surface area contributed by atoms with Gasteiger partial charge in [0.1, 0.15) is 11.4 Å². The Hall–Kier alpha value is -4.49. The number of carbonyl (C=O) groups excluding carboxylic acids is 1. The fourth-order valence-corrected chi connectivity index (χ4v) is 5.66. The third kappa shape index (κ3) is 5.20. The lowest BCUT2D eigenvalue weighted by atomic mass is 9.77. The number of fused-ring (bicyclic) bond motifs is 1. The van der Waals surface area contributed by atoms with Crippen LogP contribution in [0.5, 0.6) is 0 Å². The van der Waals surface area contributed by atoms with Crippen molar-refractivity contribution in [2.24, 2.45) is 0 Å². The number of nitrogens with zero attached hydrogens (tertiary/aromatic N) is 3. The van der Waals surface area contributed by atoms with Crippen molar-refractivity contribution in [1.29, 1.82) is 0 Å². The number of allylic oxidation sites excluding steroid dienone is 1. The number of aromatic carboxylic acids is 1. The number of carboxylic acid groups (broad SMARTS) is 1. The molecule has 1 aliphatic carbocycles. The smallest absolute Gasteiger partial charge is 0.354 e. The Morgan fingerprint density at radius 3 is 1.93 bits per heavy atom. The molecule has 5 rings (SSSR count). The first-order chi connectivity index (χ1) is 19.4. The van der Waals surface area contributed by atoms with Crippen LogP contribution in [0.25, 0.3) is 0 Å². The maximum atomic E-state index is 13.1. The Bertz CT molecular complexity index is 1410. The molecule has 0 spiro atoms. The second-order valence-electron chi connectivity index (χ2n) is 10.3. The van der Waals surface area contributed by atoms with Crippen LogP contribution in [0, 0.1) is 0 Å². The number of carbonyl (C=O) groups is 2. The first kappa shape index (κ1) is 27.1. The number of nitrogens with one attached hydrogen (secondary N) is 1. The van der Waals surface area contributed by atoms with Gasteiger partial charge in [-0.3, -0.25) is 14.8 Å². The van der Waals surface area contributed by atoms with Crippen LogP contribution in [0.4, 0.5) is 0 Å². The van der Waals surface area contributed by atoms with Crippen LogP contribution in [0.1, 0.15) is 56.1 Å². The second kappa shape index (κ2) is 11.7. The topological polar surface area (TPSA) is 87.5 Å². The molecular weight excluding hydrogens is 500 g/mol. The van der Waals surface area contributed by atoms with Crippen LogP contribution in [-0.2, 0) is 18.5 Å². The van der Waals surface area contributed by atoms with Crippen LogP contribution in [0.15, 0.2) is 103 Å². The van der Waals surface area contributed by atoms with Gasteiger partial charge in [0.05, 0.1) is 5.54 Å². The Balaban J connectivity index is 1.44. The predicted molar refractivity (Wildman–Crippen MR) is 155 cm³/mol. The molecule has 0 saturated carbocycles. The molecule has 0 bridgehead atoms. The number of aromatic nitrogens is 2. The Labute approximate surface area is 234 Å². The summed E-state index contributed by atoms with van der Waals surface area (Å²) in [6.45, 7) is 0.956. The van der Waals surface area contributed by atoms with Crippen molar-refractivity contribution >= 4 is 11.8 Å². The summed E-state index contributed by atoms with van der Waals surface area (Å²) in [6.07, 6.45) is 3.40. The van der Waals surface area contributed by atoms with Gasteiger partial charge in [0.2, 0.25) is 5.78 Å². The zero-order chi connectivity index (χ0) is 28.1. The quantitative estimate of drug-likeness (QED) is 0.167. The molecule has 3 aromatic carbocycles. The average Bonchev–Trinajstić information content (AvgIpc) is 3.35. The number of benzene rings is 3. The molecule has 40 heavy (non-hydrogen) atoms. The highest BCUT2D eigenvalue weighted by molar-refractivity contribution is 6.10. The lowest BCUT2D eigenvalue weighted by Gasteiger charge is -2.37. The number of Topliss-reactive ketones (excluding diaryl/α,β-unsaturated/α-hetero) is 1. The van der Waals surface area contributed by atoms with E-state index in [-0.39, 0.29) is 17.2 Å². The van der Waals surface area contributed by atoms with E-state index < -0.39 is 11.5 Å². The van der Waals surface area contributed by atoms with E-state index in [1.165, 1.54) is 4.68 Å². The fraction of sp³-hybridized carbons (Fsp3) is 0.242. The third-order valence-corrected chi connectivity index (χ3v) is 7.38. The van der Waals surface area contributed by atoms with Crippen molar-refractivity contribution in [2.75, 3.05) is 20.6 Å². The Morgan fingerprint density at radius 1 is 0.925 bits per heavy atom. The van der Waals surface area contributed by atoms with Crippen molar-refractivity contribution in [3.63, 3.8) is 0 Å². The monoisotopic (exact) mass is 534 g/mol. The first-order valence-electron chi connectivity index (χ1n) is 13.6. The summed E-state index contributed by atoms with van der Waals surface area (Å²) in [6, 6.07) is 31.0. The molecule has 2 N–H and O–H groups in total. The van der Waals surface area contributed by atoms with Crippen molar-refractivity contribution in [3.8, 4) is 0 Å². The molecule has 1 aromatic heterocycles. The molecule has 0 radical (unpaired) electrons. The van der Waals surface area contributed by atoms with Gasteiger partial charge < -0.3 is 10.0 Å². The van der Waals surface area contributed by atoms with Crippen LogP contribution in [-0.4, -0.2) is 52.2 Å². The van der Waals surface area contributed by atoms with Gasteiger partial charge in [0, 0.05) is 38.0 Å². The Morgan fingerprint density at radius 2 is 1.45 bits per heavy atom. The molecule has 0 unspecified atom stereocenters. The van der Waals surface area contributed by atoms with Crippen molar-refractivity contribution in [3.05, 3.63) is 136 Å². The van der Waals surface area contributed by atoms with Gasteiger partial charge in [-0.25, -0.2) is 4.79 Å². The van der Waals surface area contributed by atoms with Crippen LogP contribution in [0.2, 0.25) is 0 Å². The third-order valence-electron chi connectivity index (χ3n) is 7.38. The van der Waals surface area contributed by atoms with E-state index in [0.717, 1.165) is 16.7 Å². The number of hydrogen-bond donors (Lipinski definition) is 2. The van der Waals surface area contributed by atoms with E-state index in [1.54, 1.807) is 6.20 Å². The number of carboxylic acids is 1. The molecule has 204 valence electrons. The van der Waals surface area contributed by atoms with Crippen LogP contribution < -0.4 is 5.32 Å². The average molecular weight is 535 g/mol. The zero-order valence-electron chi connectivity index (χ0n) is 22.9. The van der Waals surface area contributed by atoms with Crippen molar-refractivity contribution in [2.45, 2.75) is 31.3 Å². The van der Waals surface area contributed by atoms with E-state index in [4.69, 9.17) is 0 Å². The highest BCUT2D eigenvalue weighted by atomic mass is 16.4. The minimum atomic E-state index is -1.05. The second-order valence-corrected chi connectivity index (χ2v) is 10.3. The van der Waals surface area contributed by atoms with Gasteiger partial charge in [-0.05, 0) is 42.5 Å². The standard InChI is InChI=1S/C33H34N4O3/c1-36(2)23-24-19-20-28-29(31(24)38)35-37(30(28)32(39)40)22-12-21-34-33(25-13-6-3-7-14-25,26-15-8-4-9-16-26)27-17-10-5-11-18-27/h3-11,13-18,23,34H,12,19-22H2,1-2H3,(H,39,40). The summed E-state index contributed by atoms with van der Waals surface area (Å²) < 4.78 is 1.50. The molecule has 0 atom stereocenters. The number of aryl methyl sites for hydroxylation is 1. The molecule has 1 heterocycles. The molecule has 4 aromatic rings. The zero-order valence-corrected chi connectivity index (χ0v) is 22.9. The lowest BCUT2D eigenvalue weighted by Crippen LogP contribution is -2.45. The maximum Gasteiger partial charge on any atom is 0.354 e. The summed E-state index contributed by atoms with van der Waals surface area (Å²) >= 11 is 0. The van der Waals surface area contributed by atoms with Crippen LogP contribution >= 0.6 is 0 Å². The van der Waals surface area contributed by atoms with E-state index >= 15 is 0 Å². The molecule has 1 aliphatic rings. The normalized spacial score (nSPS) is 14.2. The SMILES string of the molecule is CN(C)C=C1CCc2c(nn(CCCNC(c3ccccc3)(c3ccccc3)c3ccccc3)c2C(=O)O)C1=O. The highest BCUT2D eigenvalue weighted by Gasteiger charge is 2.36. The van der Waals surface area contributed by atoms with Gasteiger partial charge in [0.15, 0.2) is 0 Å². The number of hydrogen-bond acceptors (Lipinski definition) is 5. The summed E-state index contributed by atoms with van der Waals surface area (Å²) in [7, 11) is 3.73. The van der Waals surface area contributed by atoms with Gasteiger partial charge >= 0.3 is 5.97 Å². The highest BCUT2D eigenvalue weighted by Crippen LogP contribution is 2.36. The summed E-state index contributed by atoms with van der Waals surface area (Å²) in [5, 5.41) is 18.4. The molecule has 7 nitrogen and oxygen atoms in total. The van der Waals surface area contributed by atoms with Crippen molar-refractivity contribution < 1.29 is 14.7 Å². The fourth-order valence-electron chi connectivity index (χ4n) is 5.66. The minimum absolute atomic E-state index is 0.118. The molecular formula is C33H34N4O3. The van der Waals surface area contributed by atoms with Gasteiger partial charge in [0.25, 0.3) is 0 Å². The van der Waals surface area contributed by atoms with Gasteiger partial charge in [-0.1, -0.05) is 91.0 Å². The molecule has 0 aliphatic heterocycles. The minimum Gasteiger partial charge on any atom is -0.477 e. The summed E-state index contributed by atoms with van der Waals surface area (Å²) in [5.41, 5.74) is 4.29. The number of rotatable bonds is 10. The van der Waals surface area contributed by atoms with Gasteiger partial charge in [-0.15, -0.1) is 0 Å². The van der Waals surface area contributed by atoms with E-state index in [2.05, 4.69) is 46.8 Å². The summed E-state index contributed by atoms with van der Waals surface area (Å²) in [5.74, 6) is -1.24. The number of ketones is 1. The maximum absolute atomic E-state index is 13.1. The van der Waals surface area contributed by atoms with Crippen molar-refractivity contribution in [1.82, 2.24) is 20.0 Å². The van der Waals surface area contributed by atoms with Gasteiger partial charge in [-0.2, -0.15) is 5.10 Å². The first-order valence-corrected chi connectivity index (χ1v) is 13.6. The largest absolute Gasteiger partial charge is 0.477 e. The summed E-state index contributed by atoms with van der Waals surface area (Å²) in [4.78, 5) is 27.2. The molecule has 0 saturated heterocycles.